The van der Waals surface area contributed by atoms with Crippen LogP contribution in [0.4, 0.5) is 8.78 Å². The summed E-state index contributed by atoms with van der Waals surface area (Å²) in [5, 5.41) is 0. The summed E-state index contributed by atoms with van der Waals surface area (Å²) in [5.74, 6) is 1.97. The van der Waals surface area contributed by atoms with Gasteiger partial charge in [-0.2, -0.15) is 4.39 Å². The van der Waals surface area contributed by atoms with Gasteiger partial charge in [0.15, 0.2) is 11.6 Å². The highest BCUT2D eigenvalue weighted by molar-refractivity contribution is 5.35. The van der Waals surface area contributed by atoms with Crippen LogP contribution in [0.2, 0.25) is 0 Å². The molecule has 0 amide bonds. The maximum atomic E-state index is 14.9. The van der Waals surface area contributed by atoms with Gasteiger partial charge < -0.3 is 4.74 Å². The Balaban J connectivity index is 1.25. The van der Waals surface area contributed by atoms with Crippen LogP contribution < -0.4 is 4.74 Å². The first kappa shape index (κ1) is 25.5. The molecular weight excluding hydrogens is 426 g/mol. The summed E-state index contributed by atoms with van der Waals surface area (Å²) >= 11 is 0. The summed E-state index contributed by atoms with van der Waals surface area (Å²) in [5.41, 5.74) is 0.474. The first-order valence-corrected chi connectivity index (χ1v) is 14.0. The molecule has 3 aliphatic rings. The smallest absolute Gasteiger partial charge is 0.200 e. The van der Waals surface area contributed by atoms with Crippen LogP contribution in [0, 0.1) is 41.2 Å². The molecule has 2 saturated carbocycles. The van der Waals surface area contributed by atoms with Crippen LogP contribution in [-0.4, -0.2) is 6.61 Å². The van der Waals surface area contributed by atoms with Crippen LogP contribution in [0.1, 0.15) is 102 Å². The molecule has 1 nitrogen and oxygen atoms in total. The lowest BCUT2D eigenvalue weighted by molar-refractivity contribution is 0.127. The van der Waals surface area contributed by atoms with Crippen molar-refractivity contribution in [3.8, 4) is 5.75 Å². The predicted octanol–water partition coefficient (Wildman–Crippen LogP) is 9.38. The van der Waals surface area contributed by atoms with Gasteiger partial charge in [0.2, 0.25) is 5.82 Å². The number of hydrogen-bond acceptors (Lipinski definition) is 1. The number of benzene rings is 1. The Hall–Kier alpha value is -1.64. The van der Waals surface area contributed by atoms with E-state index in [4.69, 9.17) is 4.74 Å². The van der Waals surface area contributed by atoms with E-state index in [1.165, 1.54) is 57.8 Å². The van der Waals surface area contributed by atoms with E-state index in [0.29, 0.717) is 24.0 Å². The molecule has 2 atom stereocenters. The highest BCUT2D eigenvalue weighted by atomic mass is 19.2. The maximum absolute atomic E-state index is 14.9. The van der Waals surface area contributed by atoms with Crippen LogP contribution in [0.25, 0.3) is 0 Å². The second-order valence-corrected chi connectivity index (χ2v) is 11.3. The highest BCUT2D eigenvalue weighted by Crippen LogP contribution is 2.42. The number of allylic oxidation sites excluding steroid dienone is 3. The molecule has 0 aromatic heterocycles. The third kappa shape index (κ3) is 6.32. The summed E-state index contributed by atoms with van der Waals surface area (Å²) < 4.78 is 35.6. The van der Waals surface area contributed by atoms with Gasteiger partial charge in [-0.1, -0.05) is 44.1 Å². The van der Waals surface area contributed by atoms with Gasteiger partial charge in [-0.05, 0) is 112 Å². The molecule has 3 aliphatic carbocycles. The lowest BCUT2D eigenvalue weighted by atomic mass is 9.69. The first-order chi connectivity index (χ1) is 16.6. The summed E-state index contributed by atoms with van der Waals surface area (Å²) in [7, 11) is 0. The van der Waals surface area contributed by atoms with Gasteiger partial charge in [0.25, 0.3) is 0 Å². The SMILES string of the molecule is C=CC1CCC(C2CCC(COc3ccc(C4C=CC(CCCC)CC4)c(F)c3F)CC2)CC1. The minimum Gasteiger partial charge on any atom is -0.490 e. The van der Waals surface area contributed by atoms with Crippen molar-refractivity contribution in [3.63, 3.8) is 0 Å². The van der Waals surface area contributed by atoms with E-state index in [-0.39, 0.29) is 11.7 Å². The fourth-order valence-electron chi connectivity index (χ4n) is 6.67. The zero-order chi connectivity index (χ0) is 23.9. The number of halogens is 2. The van der Waals surface area contributed by atoms with Gasteiger partial charge in [-0.25, -0.2) is 4.39 Å². The average molecular weight is 471 g/mol. The third-order valence-electron chi connectivity index (χ3n) is 9.05. The van der Waals surface area contributed by atoms with Crippen molar-refractivity contribution >= 4 is 0 Å². The minimum absolute atomic E-state index is 0.0294. The van der Waals surface area contributed by atoms with Crippen LogP contribution in [0.3, 0.4) is 0 Å². The van der Waals surface area contributed by atoms with Crippen molar-refractivity contribution in [1.29, 1.82) is 0 Å². The highest BCUT2D eigenvalue weighted by Gasteiger charge is 2.31. The van der Waals surface area contributed by atoms with Crippen molar-refractivity contribution in [3.05, 3.63) is 54.1 Å². The normalized spacial score (nSPS) is 31.9. The Bertz CT molecular complexity index is 815. The predicted molar refractivity (Wildman–Crippen MR) is 137 cm³/mol. The molecule has 2 fully saturated rings. The molecule has 34 heavy (non-hydrogen) atoms. The van der Waals surface area contributed by atoms with Gasteiger partial charge in [-0.3, -0.25) is 0 Å². The lowest BCUT2D eigenvalue weighted by Gasteiger charge is -2.37. The standard InChI is InChI=1S/C31H44F2O/c1-3-5-6-23-9-17-27(18-10-23)28-19-20-29(31(33)30(28)32)34-21-24-11-15-26(16-12-24)25-13-7-22(4-2)8-14-25/h4,9,17,19-20,22-27H,2-3,5-8,10-16,18,21H2,1H3. The van der Waals surface area contributed by atoms with Crippen LogP contribution in [0.15, 0.2) is 36.9 Å². The lowest BCUT2D eigenvalue weighted by Crippen LogP contribution is -2.27. The average Bonchev–Trinajstić information content (AvgIpc) is 2.89. The van der Waals surface area contributed by atoms with E-state index in [1.54, 1.807) is 12.1 Å². The molecule has 1 aromatic rings. The molecule has 0 N–H and O–H groups in total. The molecule has 0 spiro atoms. The van der Waals surface area contributed by atoms with E-state index in [1.807, 2.05) is 0 Å². The quantitative estimate of drug-likeness (QED) is 0.327. The van der Waals surface area contributed by atoms with E-state index >= 15 is 0 Å². The Morgan fingerprint density at radius 1 is 0.882 bits per heavy atom. The molecule has 4 rings (SSSR count). The Morgan fingerprint density at radius 3 is 2.21 bits per heavy atom. The molecule has 0 saturated heterocycles. The largest absolute Gasteiger partial charge is 0.490 e. The number of unbranched alkanes of at least 4 members (excludes halogenated alkanes) is 1. The first-order valence-electron chi connectivity index (χ1n) is 14.0. The van der Waals surface area contributed by atoms with E-state index in [2.05, 4.69) is 31.7 Å². The molecule has 0 aliphatic heterocycles. The summed E-state index contributed by atoms with van der Waals surface area (Å²) in [4.78, 5) is 0. The van der Waals surface area contributed by atoms with Crippen LogP contribution >= 0.6 is 0 Å². The second-order valence-electron chi connectivity index (χ2n) is 11.3. The van der Waals surface area contributed by atoms with Crippen LogP contribution in [0.5, 0.6) is 5.75 Å². The van der Waals surface area contributed by atoms with Crippen molar-refractivity contribution in [2.75, 3.05) is 6.61 Å². The van der Waals surface area contributed by atoms with Gasteiger partial charge in [0, 0.05) is 5.92 Å². The molecule has 188 valence electrons. The van der Waals surface area contributed by atoms with Crippen LogP contribution in [-0.2, 0) is 0 Å². The number of hydrogen-bond donors (Lipinski definition) is 0. The monoisotopic (exact) mass is 470 g/mol. The van der Waals surface area contributed by atoms with Gasteiger partial charge in [-0.15, -0.1) is 6.58 Å². The Kier molecular flexibility index (Phi) is 9.25. The minimum atomic E-state index is -0.813. The molecule has 0 radical (unpaired) electrons. The topological polar surface area (TPSA) is 9.23 Å². The zero-order valence-electron chi connectivity index (χ0n) is 21.1. The van der Waals surface area contributed by atoms with Crippen molar-refractivity contribution in [2.45, 2.75) is 96.3 Å². The molecule has 3 heteroatoms. The maximum Gasteiger partial charge on any atom is 0.200 e. The summed E-state index contributed by atoms with van der Waals surface area (Å²) in [6, 6.07) is 3.39. The zero-order valence-corrected chi connectivity index (χ0v) is 21.1. The Morgan fingerprint density at radius 2 is 1.59 bits per heavy atom. The molecule has 1 aromatic carbocycles. The fraction of sp³-hybridized carbons (Fsp3) is 0.677. The van der Waals surface area contributed by atoms with Gasteiger partial charge in [0.1, 0.15) is 0 Å². The van der Waals surface area contributed by atoms with E-state index in [0.717, 1.165) is 43.4 Å². The van der Waals surface area contributed by atoms with Crippen molar-refractivity contribution in [1.82, 2.24) is 0 Å². The molecular formula is C31H44F2O. The van der Waals surface area contributed by atoms with Gasteiger partial charge >= 0.3 is 0 Å². The molecule has 2 unspecified atom stereocenters. The van der Waals surface area contributed by atoms with Gasteiger partial charge in [0.05, 0.1) is 6.61 Å². The van der Waals surface area contributed by atoms with Crippen molar-refractivity contribution in [2.24, 2.45) is 29.6 Å². The number of ether oxygens (including phenoxy) is 1. The molecule has 0 heterocycles. The van der Waals surface area contributed by atoms with E-state index < -0.39 is 11.6 Å². The van der Waals surface area contributed by atoms with E-state index in [9.17, 15) is 8.78 Å². The third-order valence-corrected chi connectivity index (χ3v) is 9.05. The second kappa shape index (κ2) is 12.4. The fourth-order valence-corrected chi connectivity index (χ4v) is 6.67. The summed E-state index contributed by atoms with van der Waals surface area (Å²) in [6.45, 7) is 6.66. The summed E-state index contributed by atoms with van der Waals surface area (Å²) in [6.07, 6.45) is 22.1. The van der Waals surface area contributed by atoms with Crippen molar-refractivity contribution < 1.29 is 13.5 Å². The molecule has 0 bridgehead atoms. The Labute approximate surface area is 206 Å². The number of rotatable bonds is 9.